The molecule has 1 rings (SSSR count). The van der Waals surface area contributed by atoms with Crippen molar-refractivity contribution < 1.29 is 23.4 Å². The Morgan fingerprint density at radius 1 is 1.53 bits per heavy atom. The zero-order valence-corrected chi connectivity index (χ0v) is 9.24. The zero-order valence-electron chi connectivity index (χ0n) is 9.24. The van der Waals surface area contributed by atoms with Crippen molar-refractivity contribution in [3.05, 3.63) is 29.3 Å². The lowest BCUT2D eigenvalue weighted by molar-refractivity contribution is -0.138. The van der Waals surface area contributed by atoms with E-state index in [0.717, 1.165) is 12.1 Å². The number of hydrogen-bond donors (Lipinski definition) is 2. The maximum atomic E-state index is 13.7. The Bertz CT molecular complexity index is 423. The van der Waals surface area contributed by atoms with E-state index in [1.807, 2.05) is 0 Å². The summed E-state index contributed by atoms with van der Waals surface area (Å²) in [6, 6.07) is 0.831. The van der Waals surface area contributed by atoms with Gasteiger partial charge in [0, 0.05) is 12.0 Å². The van der Waals surface area contributed by atoms with Gasteiger partial charge in [0.25, 0.3) is 0 Å². The first kappa shape index (κ1) is 13.4. The van der Waals surface area contributed by atoms with Gasteiger partial charge in [0.2, 0.25) is 0 Å². The molecule has 0 amide bonds. The largest absolute Gasteiger partial charge is 0.491 e. The van der Waals surface area contributed by atoms with Gasteiger partial charge < -0.3 is 15.6 Å². The van der Waals surface area contributed by atoms with Crippen LogP contribution in [-0.2, 0) is 11.2 Å². The molecule has 6 heteroatoms. The fraction of sp³-hybridized carbons (Fsp3) is 0.364. The Kier molecular flexibility index (Phi) is 4.39. The third kappa shape index (κ3) is 3.13. The molecule has 0 bridgehead atoms. The molecule has 0 radical (unpaired) electrons. The summed E-state index contributed by atoms with van der Waals surface area (Å²) < 4.78 is 32.0. The summed E-state index contributed by atoms with van der Waals surface area (Å²) in [5.74, 6) is -3.15. The SMILES string of the molecule is CCOc1ccc(F)c(C[C@@H](N)C(=O)O)c1F. The zero-order chi connectivity index (χ0) is 13.0. The minimum absolute atomic E-state index is 0.110. The van der Waals surface area contributed by atoms with Crippen LogP contribution >= 0.6 is 0 Å². The Morgan fingerprint density at radius 3 is 2.71 bits per heavy atom. The van der Waals surface area contributed by atoms with Crippen LogP contribution in [0.5, 0.6) is 5.75 Å². The quantitative estimate of drug-likeness (QED) is 0.820. The summed E-state index contributed by atoms with van der Waals surface area (Å²) in [4.78, 5) is 10.5. The molecule has 0 saturated carbocycles. The van der Waals surface area contributed by atoms with Crippen LogP contribution in [0.2, 0.25) is 0 Å². The molecule has 4 nitrogen and oxygen atoms in total. The predicted molar refractivity (Wildman–Crippen MR) is 56.8 cm³/mol. The summed E-state index contributed by atoms with van der Waals surface area (Å²) in [6.45, 7) is 1.89. The van der Waals surface area contributed by atoms with E-state index < -0.39 is 30.1 Å². The van der Waals surface area contributed by atoms with Crippen molar-refractivity contribution in [1.82, 2.24) is 0 Å². The van der Waals surface area contributed by atoms with Gasteiger partial charge in [0.15, 0.2) is 11.6 Å². The van der Waals surface area contributed by atoms with Crippen molar-refractivity contribution in [3.8, 4) is 5.75 Å². The first-order valence-corrected chi connectivity index (χ1v) is 5.05. The molecule has 94 valence electrons. The summed E-state index contributed by atoms with van der Waals surface area (Å²) in [5, 5.41) is 8.60. The Labute approximate surface area is 97.0 Å². The molecule has 0 aliphatic carbocycles. The predicted octanol–water partition coefficient (Wildman–Crippen LogP) is 1.32. The van der Waals surface area contributed by atoms with Crippen molar-refractivity contribution in [1.29, 1.82) is 0 Å². The molecule has 1 aromatic rings. The molecule has 3 N–H and O–H groups in total. The highest BCUT2D eigenvalue weighted by Crippen LogP contribution is 2.24. The van der Waals surface area contributed by atoms with E-state index >= 15 is 0 Å². The number of rotatable bonds is 5. The van der Waals surface area contributed by atoms with Crippen LogP contribution in [-0.4, -0.2) is 23.7 Å². The van der Waals surface area contributed by atoms with Gasteiger partial charge in [-0.15, -0.1) is 0 Å². The molecule has 17 heavy (non-hydrogen) atoms. The van der Waals surface area contributed by atoms with Gasteiger partial charge in [-0.3, -0.25) is 4.79 Å². The van der Waals surface area contributed by atoms with Gasteiger partial charge in [0.05, 0.1) is 6.61 Å². The number of aliphatic carboxylic acids is 1. The second kappa shape index (κ2) is 5.58. The molecule has 0 heterocycles. The van der Waals surface area contributed by atoms with Crippen LogP contribution in [0, 0.1) is 11.6 Å². The van der Waals surface area contributed by atoms with Crippen LogP contribution in [0.3, 0.4) is 0 Å². The standard InChI is InChI=1S/C11H13F2NO3/c1-2-17-9-4-3-7(12)6(10(9)13)5-8(14)11(15)16/h3-4,8H,2,5,14H2,1H3,(H,15,16)/t8-/m1/s1. The Hall–Kier alpha value is -1.69. The third-order valence-corrected chi connectivity index (χ3v) is 2.19. The highest BCUT2D eigenvalue weighted by Gasteiger charge is 2.20. The van der Waals surface area contributed by atoms with E-state index in [4.69, 9.17) is 15.6 Å². The average Bonchev–Trinajstić information content (AvgIpc) is 2.28. The number of ether oxygens (including phenoxy) is 1. The normalized spacial score (nSPS) is 12.2. The second-order valence-corrected chi connectivity index (χ2v) is 3.42. The van der Waals surface area contributed by atoms with Crippen LogP contribution in [0.4, 0.5) is 8.78 Å². The molecule has 1 atom stereocenters. The fourth-order valence-electron chi connectivity index (χ4n) is 1.34. The molecule has 0 aromatic heterocycles. The molecule has 0 unspecified atom stereocenters. The van der Waals surface area contributed by atoms with Gasteiger partial charge in [0.1, 0.15) is 11.9 Å². The summed E-state index contributed by atoms with van der Waals surface area (Å²) >= 11 is 0. The molecule has 0 saturated heterocycles. The number of carboxylic acids is 1. The van der Waals surface area contributed by atoms with E-state index in [2.05, 4.69) is 0 Å². The number of nitrogens with two attached hydrogens (primary N) is 1. The van der Waals surface area contributed by atoms with Crippen molar-refractivity contribution >= 4 is 5.97 Å². The lowest BCUT2D eigenvalue weighted by Crippen LogP contribution is -2.33. The van der Waals surface area contributed by atoms with Crippen molar-refractivity contribution in [2.75, 3.05) is 6.61 Å². The van der Waals surface area contributed by atoms with E-state index in [1.54, 1.807) is 6.92 Å². The van der Waals surface area contributed by atoms with Crippen molar-refractivity contribution in [2.24, 2.45) is 5.73 Å². The highest BCUT2D eigenvalue weighted by molar-refractivity contribution is 5.73. The maximum absolute atomic E-state index is 13.7. The lowest BCUT2D eigenvalue weighted by atomic mass is 10.0. The first-order chi connectivity index (χ1) is 7.97. The van der Waals surface area contributed by atoms with Gasteiger partial charge in [-0.2, -0.15) is 0 Å². The van der Waals surface area contributed by atoms with Gasteiger partial charge in [-0.1, -0.05) is 0 Å². The number of hydrogen-bond acceptors (Lipinski definition) is 3. The summed E-state index contributed by atoms with van der Waals surface area (Å²) in [5.41, 5.74) is 4.87. The van der Waals surface area contributed by atoms with E-state index in [0.29, 0.717) is 0 Å². The summed E-state index contributed by atoms with van der Waals surface area (Å²) in [7, 11) is 0. The molecule has 0 aliphatic heterocycles. The Balaban J connectivity index is 3.04. The molecule has 0 fully saturated rings. The third-order valence-electron chi connectivity index (χ3n) is 2.19. The van der Waals surface area contributed by atoms with Crippen LogP contribution in [0.15, 0.2) is 12.1 Å². The van der Waals surface area contributed by atoms with Crippen molar-refractivity contribution in [2.45, 2.75) is 19.4 Å². The Morgan fingerprint density at radius 2 is 2.18 bits per heavy atom. The lowest BCUT2D eigenvalue weighted by Gasteiger charge is -2.11. The van der Waals surface area contributed by atoms with E-state index in [9.17, 15) is 13.6 Å². The topological polar surface area (TPSA) is 72.5 Å². The average molecular weight is 245 g/mol. The second-order valence-electron chi connectivity index (χ2n) is 3.42. The smallest absolute Gasteiger partial charge is 0.320 e. The number of halogens is 2. The molecular weight excluding hydrogens is 232 g/mol. The molecular formula is C11H13F2NO3. The van der Waals surface area contributed by atoms with Gasteiger partial charge in [-0.05, 0) is 19.1 Å². The van der Waals surface area contributed by atoms with Crippen LogP contribution in [0.25, 0.3) is 0 Å². The highest BCUT2D eigenvalue weighted by atomic mass is 19.1. The monoisotopic (exact) mass is 245 g/mol. The van der Waals surface area contributed by atoms with Crippen LogP contribution < -0.4 is 10.5 Å². The number of carbonyl (C=O) groups is 1. The summed E-state index contributed by atoms with van der Waals surface area (Å²) in [6.07, 6.45) is -0.423. The molecule has 0 spiro atoms. The van der Waals surface area contributed by atoms with Gasteiger partial charge in [-0.25, -0.2) is 8.78 Å². The fourth-order valence-corrected chi connectivity index (χ4v) is 1.34. The van der Waals surface area contributed by atoms with E-state index in [1.165, 1.54) is 0 Å². The van der Waals surface area contributed by atoms with Crippen LogP contribution in [0.1, 0.15) is 12.5 Å². The maximum Gasteiger partial charge on any atom is 0.320 e. The van der Waals surface area contributed by atoms with Crippen molar-refractivity contribution in [3.63, 3.8) is 0 Å². The molecule has 0 aliphatic rings. The van der Waals surface area contributed by atoms with E-state index in [-0.39, 0.29) is 17.9 Å². The minimum Gasteiger partial charge on any atom is -0.491 e. The minimum atomic E-state index is -1.35. The molecule has 1 aromatic carbocycles. The number of benzene rings is 1. The first-order valence-electron chi connectivity index (χ1n) is 5.05. The number of carboxylic acid groups (broad SMARTS) is 1. The van der Waals surface area contributed by atoms with Gasteiger partial charge >= 0.3 is 5.97 Å².